The third-order valence-electron chi connectivity index (χ3n) is 1.45. The Bertz CT molecular complexity index is 268. The van der Waals surface area contributed by atoms with Crippen molar-refractivity contribution in [3.8, 4) is 0 Å². The zero-order chi connectivity index (χ0) is 9.35. The summed E-state index contributed by atoms with van der Waals surface area (Å²) < 4.78 is 36.7. The third-order valence-corrected chi connectivity index (χ3v) is 1.45. The fourth-order valence-corrected chi connectivity index (χ4v) is 0.820. The summed E-state index contributed by atoms with van der Waals surface area (Å²) >= 11 is 0. The molecule has 0 bridgehead atoms. The molecule has 0 aromatic carbocycles. The highest BCUT2D eigenvalue weighted by Crippen LogP contribution is 2.31. The molecule has 1 heterocycles. The lowest BCUT2D eigenvalue weighted by molar-refractivity contribution is -0.208. The lowest BCUT2D eigenvalue weighted by Gasteiger charge is -2.13. The number of hydrogen-bond donors (Lipinski definition) is 1. The second-order valence-electron chi connectivity index (χ2n) is 2.32. The standard InChI is InChI=1S/C6H7F3N2O/c1-11-4(2-3-10-11)5(12)6(7,8)9/h2-3,5,12H,1H3/t5-/m1/s1. The molecule has 68 valence electrons. The molecule has 0 radical (unpaired) electrons. The molecule has 1 aromatic heterocycles. The van der Waals surface area contributed by atoms with Crippen LogP contribution in [0, 0.1) is 0 Å². The fourth-order valence-electron chi connectivity index (χ4n) is 0.820. The van der Waals surface area contributed by atoms with E-state index in [1.807, 2.05) is 0 Å². The van der Waals surface area contributed by atoms with Crippen molar-refractivity contribution >= 4 is 0 Å². The normalized spacial score (nSPS) is 14.8. The van der Waals surface area contributed by atoms with Gasteiger partial charge in [0.2, 0.25) is 0 Å². The zero-order valence-corrected chi connectivity index (χ0v) is 6.21. The molecule has 0 aliphatic rings. The molecule has 1 atom stereocenters. The van der Waals surface area contributed by atoms with E-state index in [9.17, 15) is 13.2 Å². The van der Waals surface area contributed by atoms with Gasteiger partial charge in [0.05, 0.1) is 5.69 Å². The van der Waals surface area contributed by atoms with Gasteiger partial charge in [-0.3, -0.25) is 4.68 Å². The predicted molar refractivity (Wildman–Crippen MR) is 34.2 cm³/mol. The molecule has 6 heteroatoms. The molecule has 0 aliphatic carbocycles. The molecular weight excluding hydrogens is 173 g/mol. The maximum atomic E-state index is 11.9. The number of hydrogen-bond acceptors (Lipinski definition) is 2. The summed E-state index contributed by atoms with van der Waals surface area (Å²) in [5, 5.41) is 12.2. The van der Waals surface area contributed by atoms with Crippen molar-refractivity contribution in [2.75, 3.05) is 0 Å². The first kappa shape index (κ1) is 9.05. The van der Waals surface area contributed by atoms with Gasteiger partial charge in [-0.25, -0.2) is 0 Å². The van der Waals surface area contributed by atoms with E-state index < -0.39 is 12.3 Å². The summed E-state index contributed by atoms with van der Waals surface area (Å²) in [7, 11) is 1.34. The second kappa shape index (κ2) is 2.78. The molecule has 0 aliphatic heterocycles. The molecule has 1 rings (SSSR count). The molecule has 0 unspecified atom stereocenters. The lowest BCUT2D eigenvalue weighted by Crippen LogP contribution is -2.22. The molecular formula is C6H7F3N2O. The predicted octanol–water partition coefficient (Wildman–Crippen LogP) is 1.02. The number of halogens is 3. The molecule has 0 saturated heterocycles. The number of nitrogens with zero attached hydrogens (tertiary/aromatic N) is 2. The number of rotatable bonds is 1. The van der Waals surface area contributed by atoms with Crippen LogP contribution in [0.1, 0.15) is 11.8 Å². The quantitative estimate of drug-likeness (QED) is 0.700. The van der Waals surface area contributed by atoms with Crippen molar-refractivity contribution in [2.45, 2.75) is 12.3 Å². The topological polar surface area (TPSA) is 38.0 Å². The first-order valence-corrected chi connectivity index (χ1v) is 3.15. The first-order chi connectivity index (χ1) is 5.43. The van der Waals surface area contributed by atoms with Crippen LogP contribution in [0.25, 0.3) is 0 Å². The van der Waals surface area contributed by atoms with Crippen LogP contribution < -0.4 is 0 Å². The van der Waals surface area contributed by atoms with Gasteiger partial charge in [0, 0.05) is 13.2 Å². The van der Waals surface area contributed by atoms with Gasteiger partial charge in [0.1, 0.15) is 0 Å². The number of aliphatic hydroxyl groups excluding tert-OH is 1. The molecule has 0 fully saturated rings. The van der Waals surface area contributed by atoms with E-state index >= 15 is 0 Å². The summed E-state index contributed by atoms with van der Waals surface area (Å²) in [6, 6.07) is 1.12. The number of aliphatic hydroxyl groups is 1. The Hall–Kier alpha value is -1.04. The largest absolute Gasteiger partial charge is 0.420 e. The average Bonchev–Trinajstić information content (AvgIpc) is 2.31. The van der Waals surface area contributed by atoms with Crippen molar-refractivity contribution in [1.82, 2.24) is 9.78 Å². The Balaban J connectivity index is 2.92. The van der Waals surface area contributed by atoms with E-state index in [0.29, 0.717) is 0 Å². The second-order valence-corrected chi connectivity index (χ2v) is 2.32. The van der Waals surface area contributed by atoms with Crippen LogP contribution in [0.4, 0.5) is 13.2 Å². The summed E-state index contributed by atoms with van der Waals surface area (Å²) in [5.41, 5.74) is -0.262. The van der Waals surface area contributed by atoms with E-state index in [-0.39, 0.29) is 5.69 Å². The Morgan fingerprint density at radius 2 is 2.17 bits per heavy atom. The van der Waals surface area contributed by atoms with E-state index in [4.69, 9.17) is 5.11 Å². The highest BCUT2D eigenvalue weighted by molar-refractivity contribution is 5.05. The van der Waals surface area contributed by atoms with Crippen molar-refractivity contribution in [1.29, 1.82) is 0 Å². The van der Waals surface area contributed by atoms with Crippen LogP contribution in [0.3, 0.4) is 0 Å². The minimum atomic E-state index is -4.63. The van der Waals surface area contributed by atoms with Gasteiger partial charge in [-0.05, 0) is 6.07 Å². The van der Waals surface area contributed by atoms with Crippen molar-refractivity contribution < 1.29 is 18.3 Å². The molecule has 1 aromatic rings. The van der Waals surface area contributed by atoms with Crippen LogP contribution in [0.5, 0.6) is 0 Å². The summed E-state index contributed by atoms with van der Waals surface area (Å²) in [6.45, 7) is 0. The number of aryl methyl sites for hydroxylation is 1. The van der Waals surface area contributed by atoms with E-state index in [2.05, 4.69) is 5.10 Å². The monoisotopic (exact) mass is 180 g/mol. The average molecular weight is 180 g/mol. The van der Waals surface area contributed by atoms with Crippen LogP contribution in [-0.4, -0.2) is 21.1 Å². The molecule has 0 amide bonds. The van der Waals surface area contributed by atoms with Crippen molar-refractivity contribution in [3.05, 3.63) is 18.0 Å². The molecule has 3 nitrogen and oxygen atoms in total. The Morgan fingerprint density at radius 1 is 1.58 bits per heavy atom. The van der Waals surface area contributed by atoms with Crippen molar-refractivity contribution in [3.63, 3.8) is 0 Å². The maximum absolute atomic E-state index is 11.9. The number of aromatic nitrogens is 2. The minimum Gasteiger partial charge on any atom is -0.378 e. The van der Waals surface area contributed by atoms with Crippen LogP contribution in [0.2, 0.25) is 0 Å². The summed E-state index contributed by atoms with van der Waals surface area (Å²) in [5.74, 6) is 0. The fraction of sp³-hybridized carbons (Fsp3) is 0.500. The molecule has 0 saturated carbocycles. The van der Waals surface area contributed by atoms with Crippen LogP contribution in [-0.2, 0) is 7.05 Å². The van der Waals surface area contributed by atoms with E-state index in [0.717, 1.165) is 10.7 Å². The lowest BCUT2D eigenvalue weighted by atomic mass is 10.2. The summed E-state index contributed by atoms with van der Waals surface area (Å²) in [4.78, 5) is 0. The van der Waals surface area contributed by atoms with E-state index in [1.165, 1.54) is 13.2 Å². The first-order valence-electron chi connectivity index (χ1n) is 3.15. The van der Waals surface area contributed by atoms with Crippen LogP contribution >= 0.6 is 0 Å². The SMILES string of the molecule is Cn1nccc1[C@@H](O)C(F)(F)F. The van der Waals surface area contributed by atoms with Gasteiger partial charge >= 0.3 is 6.18 Å². The highest BCUT2D eigenvalue weighted by atomic mass is 19.4. The smallest absolute Gasteiger partial charge is 0.378 e. The minimum absolute atomic E-state index is 0.262. The molecule has 0 spiro atoms. The van der Waals surface area contributed by atoms with Gasteiger partial charge in [-0.2, -0.15) is 18.3 Å². The van der Waals surface area contributed by atoms with Gasteiger partial charge < -0.3 is 5.11 Å². The molecule has 12 heavy (non-hydrogen) atoms. The highest BCUT2D eigenvalue weighted by Gasteiger charge is 2.40. The van der Waals surface area contributed by atoms with Gasteiger partial charge in [-0.15, -0.1) is 0 Å². The number of alkyl halides is 3. The summed E-state index contributed by atoms with van der Waals surface area (Å²) in [6.07, 6.45) is -5.89. The van der Waals surface area contributed by atoms with E-state index in [1.54, 1.807) is 0 Å². The Labute approximate surface area is 66.4 Å². The van der Waals surface area contributed by atoms with Crippen LogP contribution in [0.15, 0.2) is 12.3 Å². The zero-order valence-electron chi connectivity index (χ0n) is 6.21. The van der Waals surface area contributed by atoms with Gasteiger partial charge in [-0.1, -0.05) is 0 Å². The van der Waals surface area contributed by atoms with Gasteiger partial charge in [0.15, 0.2) is 6.10 Å². The third kappa shape index (κ3) is 1.58. The Kier molecular flexibility index (Phi) is 2.10. The Morgan fingerprint density at radius 3 is 2.50 bits per heavy atom. The molecule has 1 N–H and O–H groups in total. The maximum Gasteiger partial charge on any atom is 0.420 e. The van der Waals surface area contributed by atoms with Crippen molar-refractivity contribution in [2.24, 2.45) is 7.05 Å². The van der Waals surface area contributed by atoms with Gasteiger partial charge in [0.25, 0.3) is 0 Å².